The maximum Gasteiger partial charge on any atom is 0.153 e. The third-order valence-corrected chi connectivity index (χ3v) is 4.71. The molecule has 4 rings (SSSR count). The van der Waals surface area contributed by atoms with Gasteiger partial charge in [0.15, 0.2) is 5.65 Å². The van der Waals surface area contributed by atoms with E-state index in [-0.39, 0.29) is 11.9 Å². The van der Waals surface area contributed by atoms with Crippen molar-refractivity contribution >= 4 is 11.5 Å². The highest BCUT2D eigenvalue weighted by atomic mass is 19.1. The molecule has 124 valence electrons. The molecule has 0 amide bonds. The van der Waals surface area contributed by atoms with Gasteiger partial charge in [0.2, 0.25) is 0 Å². The van der Waals surface area contributed by atoms with Crippen LogP contribution >= 0.6 is 0 Å². The Labute approximate surface area is 140 Å². The van der Waals surface area contributed by atoms with E-state index in [0.717, 1.165) is 55.0 Å². The van der Waals surface area contributed by atoms with E-state index in [1.54, 1.807) is 12.1 Å². The number of anilines is 1. The minimum atomic E-state index is -0.178. The molecule has 0 saturated carbocycles. The Morgan fingerprint density at radius 3 is 3.00 bits per heavy atom. The van der Waals surface area contributed by atoms with Crippen LogP contribution in [-0.2, 0) is 6.42 Å². The first-order chi connectivity index (χ1) is 11.8. The van der Waals surface area contributed by atoms with E-state index in [9.17, 15) is 4.39 Å². The highest BCUT2D eigenvalue weighted by Crippen LogP contribution is 2.35. The van der Waals surface area contributed by atoms with Crippen molar-refractivity contribution in [2.45, 2.75) is 38.6 Å². The third-order valence-electron chi connectivity index (χ3n) is 4.71. The van der Waals surface area contributed by atoms with E-state index in [1.165, 1.54) is 6.07 Å². The van der Waals surface area contributed by atoms with Gasteiger partial charge in [-0.1, -0.05) is 25.5 Å². The Balaban J connectivity index is 1.71. The second-order valence-electron chi connectivity index (χ2n) is 6.37. The van der Waals surface area contributed by atoms with E-state index >= 15 is 0 Å². The van der Waals surface area contributed by atoms with Crippen molar-refractivity contribution in [3.05, 3.63) is 59.7 Å². The van der Waals surface area contributed by atoms with Crippen LogP contribution in [0.1, 0.15) is 43.5 Å². The lowest BCUT2D eigenvalue weighted by molar-refractivity contribution is 0.617. The topological polar surface area (TPSA) is 33.4 Å². The number of aryl methyl sites for hydroxylation is 1. The summed E-state index contributed by atoms with van der Waals surface area (Å²) in [6.45, 7) is 3.10. The predicted molar refractivity (Wildman–Crippen MR) is 92.7 cm³/mol. The molecule has 3 heterocycles. The SMILES string of the molecule is CCCc1cnc2ccc(N3CCC[C@@H]3c3cccc(F)c3)nn12. The molecule has 0 bridgehead atoms. The van der Waals surface area contributed by atoms with Crippen LogP contribution in [0.2, 0.25) is 0 Å². The first-order valence-electron chi connectivity index (χ1n) is 8.62. The summed E-state index contributed by atoms with van der Waals surface area (Å²) in [7, 11) is 0. The predicted octanol–water partition coefficient (Wildman–Crippen LogP) is 4.16. The minimum Gasteiger partial charge on any atom is -0.348 e. The zero-order valence-corrected chi connectivity index (χ0v) is 13.8. The fraction of sp³-hybridized carbons (Fsp3) is 0.368. The van der Waals surface area contributed by atoms with Crippen molar-refractivity contribution in [2.24, 2.45) is 0 Å². The highest BCUT2D eigenvalue weighted by molar-refractivity contribution is 5.49. The normalized spacial score (nSPS) is 17.8. The summed E-state index contributed by atoms with van der Waals surface area (Å²) in [5, 5.41) is 4.82. The minimum absolute atomic E-state index is 0.178. The molecule has 0 unspecified atom stereocenters. The smallest absolute Gasteiger partial charge is 0.153 e. The molecule has 5 heteroatoms. The summed E-state index contributed by atoms with van der Waals surface area (Å²) in [6, 6.07) is 11.1. The van der Waals surface area contributed by atoms with Gasteiger partial charge >= 0.3 is 0 Å². The lowest BCUT2D eigenvalue weighted by Gasteiger charge is -2.26. The van der Waals surface area contributed by atoms with Gasteiger partial charge < -0.3 is 4.90 Å². The molecule has 24 heavy (non-hydrogen) atoms. The Morgan fingerprint density at radius 2 is 2.17 bits per heavy atom. The van der Waals surface area contributed by atoms with Crippen molar-refractivity contribution in [2.75, 3.05) is 11.4 Å². The second-order valence-corrected chi connectivity index (χ2v) is 6.37. The molecule has 1 aliphatic rings. The van der Waals surface area contributed by atoms with Gasteiger partial charge in [-0.15, -0.1) is 5.10 Å². The molecule has 1 aliphatic heterocycles. The summed E-state index contributed by atoms with van der Waals surface area (Å²) in [5.41, 5.74) is 3.04. The maximum atomic E-state index is 13.6. The van der Waals surface area contributed by atoms with Crippen LogP contribution in [-0.4, -0.2) is 21.1 Å². The Morgan fingerprint density at radius 1 is 1.25 bits per heavy atom. The fourth-order valence-electron chi connectivity index (χ4n) is 3.59. The number of hydrogen-bond acceptors (Lipinski definition) is 3. The summed E-state index contributed by atoms with van der Waals surface area (Å²) < 4.78 is 15.6. The van der Waals surface area contributed by atoms with Crippen molar-refractivity contribution in [1.29, 1.82) is 0 Å². The van der Waals surface area contributed by atoms with E-state index in [4.69, 9.17) is 5.10 Å². The van der Waals surface area contributed by atoms with E-state index in [2.05, 4.69) is 16.8 Å². The molecule has 4 nitrogen and oxygen atoms in total. The highest BCUT2D eigenvalue weighted by Gasteiger charge is 2.27. The van der Waals surface area contributed by atoms with Gasteiger partial charge in [0.05, 0.1) is 17.9 Å². The molecular weight excluding hydrogens is 303 g/mol. The number of imidazole rings is 1. The van der Waals surface area contributed by atoms with Gasteiger partial charge in [-0.2, -0.15) is 0 Å². The molecule has 1 aromatic carbocycles. The third kappa shape index (κ3) is 2.64. The van der Waals surface area contributed by atoms with Crippen LogP contribution in [0.3, 0.4) is 0 Å². The molecule has 0 aliphatic carbocycles. The molecular formula is C19H21FN4. The lowest BCUT2D eigenvalue weighted by Crippen LogP contribution is -2.24. The number of benzene rings is 1. The lowest BCUT2D eigenvalue weighted by atomic mass is 10.0. The summed E-state index contributed by atoms with van der Waals surface area (Å²) in [6.07, 6.45) is 6.05. The molecule has 1 atom stereocenters. The summed E-state index contributed by atoms with van der Waals surface area (Å²) in [4.78, 5) is 6.71. The van der Waals surface area contributed by atoms with Gasteiger partial charge in [0.1, 0.15) is 11.6 Å². The Hall–Kier alpha value is -2.43. The molecule has 3 aromatic rings. The van der Waals surface area contributed by atoms with Crippen LogP contribution in [0, 0.1) is 5.82 Å². The quantitative estimate of drug-likeness (QED) is 0.722. The second kappa shape index (κ2) is 6.23. The number of nitrogens with zero attached hydrogens (tertiary/aromatic N) is 4. The Bertz CT molecular complexity index is 857. The van der Waals surface area contributed by atoms with Crippen LogP contribution < -0.4 is 4.90 Å². The molecule has 0 spiro atoms. The molecule has 1 saturated heterocycles. The number of aromatic nitrogens is 3. The fourth-order valence-corrected chi connectivity index (χ4v) is 3.59. The van der Waals surface area contributed by atoms with Crippen molar-refractivity contribution in [1.82, 2.24) is 14.6 Å². The van der Waals surface area contributed by atoms with Crippen molar-refractivity contribution < 1.29 is 4.39 Å². The van der Waals surface area contributed by atoms with Crippen LogP contribution in [0.15, 0.2) is 42.6 Å². The number of rotatable bonds is 4. The van der Waals surface area contributed by atoms with Gasteiger partial charge in [0.25, 0.3) is 0 Å². The first kappa shape index (κ1) is 15.1. The monoisotopic (exact) mass is 324 g/mol. The van der Waals surface area contributed by atoms with Crippen LogP contribution in [0.5, 0.6) is 0 Å². The Kier molecular flexibility index (Phi) is 3.92. The largest absolute Gasteiger partial charge is 0.348 e. The summed E-state index contributed by atoms with van der Waals surface area (Å²) in [5.74, 6) is 0.757. The summed E-state index contributed by atoms with van der Waals surface area (Å²) >= 11 is 0. The van der Waals surface area contributed by atoms with Crippen molar-refractivity contribution in [3.63, 3.8) is 0 Å². The van der Waals surface area contributed by atoms with Gasteiger partial charge in [-0.05, 0) is 49.1 Å². The van der Waals surface area contributed by atoms with Gasteiger partial charge in [0, 0.05) is 6.54 Å². The van der Waals surface area contributed by atoms with Gasteiger partial charge in [-0.3, -0.25) is 0 Å². The average molecular weight is 324 g/mol. The first-order valence-corrected chi connectivity index (χ1v) is 8.62. The van der Waals surface area contributed by atoms with E-state index in [0.29, 0.717) is 0 Å². The standard InChI is InChI=1S/C19H21FN4/c1-2-5-16-13-21-18-9-10-19(22-24(16)18)23-11-4-8-17(23)14-6-3-7-15(20)12-14/h3,6-7,9-10,12-13,17H,2,4-5,8,11H2,1H3/t17-/m1/s1. The van der Waals surface area contributed by atoms with Gasteiger partial charge in [-0.25, -0.2) is 13.9 Å². The average Bonchev–Trinajstić information content (AvgIpc) is 3.22. The molecule has 2 aromatic heterocycles. The van der Waals surface area contributed by atoms with Crippen LogP contribution in [0.25, 0.3) is 5.65 Å². The molecule has 0 radical (unpaired) electrons. The van der Waals surface area contributed by atoms with Crippen molar-refractivity contribution in [3.8, 4) is 0 Å². The van der Waals surface area contributed by atoms with Crippen LogP contribution in [0.4, 0.5) is 10.2 Å². The van der Waals surface area contributed by atoms with E-state index < -0.39 is 0 Å². The van der Waals surface area contributed by atoms with E-state index in [1.807, 2.05) is 28.9 Å². The zero-order chi connectivity index (χ0) is 16.5. The molecule has 0 N–H and O–H groups in total. The number of hydrogen-bond donors (Lipinski definition) is 0. The number of fused-ring (bicyclic) bond motifs is 1. The zero-order valence-electron chi connectivity index (χ0n) is 13.8. The molecule has 1 fully saturated rings. The number of halogens is 1. The maximum absolute atomic E-state index is 13.6.